The summed E-state index contributed by atoms with van der Waals surface area (Å²) in [5, 5.41) is 5.59. The number of ether oxygens (including phenoxy) is 10. The fourth-order valence-electron chi connectivity index (χ4n) is 21.7. The molecular weight excluding hydrogens is 1840 g/mol. The van der Waals surface area contributed by atoms with Crippen molar-refractivity contribution in [1.29, 1.82) is 0 Å². The van der Waals surface area contributed by atoms with Gasteiger partial charge in [-0.3, -0.25) is 57.8 Å². The van der Waals surface area contributed by atoms with Crippen molar-refractivity contribution in [3.8, 4) is 17.2 Å². The number of fused-ring (bicyclic) bond motifs is 22. The van der Waals surface area contributed by atoms with E-state index in [1.54, 1.807) is 71.2 Å². The zero-order chi connectivity index (χ0) is 96.1. The Bertz CT molecular complexity index is 7130. The molecule has 720 valence electrons. The molecule has 6 unspecified atom stereocenters. The Balaban J connectivity index is 0.000000117. The van der Waals surface area contributed by atoms with Gasteiger partial charge in [0.2, 0.25) is 22.0 Å². The number of aryl methyl sites for hydroxylation is 2. The monoisotopic (exact) mass is 1920 g/mol. The number of para-hydroxylation sites is 3. The number of cyclic esters (lactones) is 1. The van der Waals surface area contributed by atoms with Gasteiger partial charge in [0.05, 0.1) is 103 Å². The van der Waals surface area contributed by atoms with E-state index in [1.807, 2.05) is 103 Å². The lowest BCUT2D eigenvalue weighted by Gasteiger charge is -2.51. The smallest absolute Gasteiger partial charge is 0.479 e. The van der Waals surface area contributed by atoms with Crippen LogP contribution in [0.1, 0.15) is 163 Å². The number of amides is 3. The van der Waals surface area contributed by atoms with E-state index in [0.29, 0.717) is 67.3 Å². The second-order valence-corrected chi connectivity index (χ2v) is 35.1. The van der Waals surface area contributed by atoms with Crippen molar-refractivity contribution in [3.63, 3.8) is 0 Å². The van der Waals surface area contributed by atoms with Crippen molar-refractivity contribution in [2.45, 2.75) is 88.1 Å². The van der Waals surface area contributed by atoms with Gasteiger partial charge in [-0.05, 0) is 73.0 Å². The van der Waals surface area contributed by atoms with Gasteiger partial charge in [-0.2, -0.15) is 0 Å². The fraction of sp³-hybridized carbons (Fsp3) is 0.323. The maximum atomic E-state index is 16.1. The molecule has 7 aromatic carbocycles. The molecule has 25 rings (SSSR count). The van der Waals surface area contributed by atoms with Crippen LogP contribution in [0.4, 0.5) is 43.4 Å². The number of aromatic nitrogens is 3. The number of esters is 1. The van der Waals surface area contributed by atoms with E-state index in [2.05, 4.69) is 0 Å². The van der Waals surface area contributed by atoms with Crippen LogP contribution in [0.3, 0.4) is 0 Å². The van der Waals surface area contributed by atoms with Crippen molar-refractivity contribution in [2.75, 3.05) is 148 Å². The van der Waals surface area contributed by atoms with Gasteiger partial charge >= 0.3 is 17.6 Å². The minimum atomic E-state index is -1.26. The number of anilines is 3. The molecule has 18 heterocycles. The van der Waals surface area contributed by atoms with Crippen molar-refractivity contribution in [2.24, 2.45) is 0 Å². The normalized spacial score (nSPS) is 22.6. The molecule has 0 bridgehead atoms. The molecule has 0 spiro atoms. The van der Waals surface area contributed by atoms with E-state index in [0.717, 1.165) is 52.0 Å². The third-order valence-electron chi connectivity index (χ3n) is 27.9. The van der Waals surface area contributed by atoms with Crippen LogP contribution < -0.4 is 71.9 Å². The molecule has 6 fully saturated rings. The van der Waals surface area contributed by atoms with Gasteiger partial charge in [0, 0.05) is 132 Å². The molecule has 0 radical (unpaired) electrons. The molecule has 0 aliphatic carbocycles. The van der Waals surface area contributed by atoms with E-state index in [9.17, 15) is 51.9 Å². The lowest BCUT2D eigenvalue weighted by atomic mass is 9.91. The number of halogens is 6. The first-order chi connectivity index (χ1) is 68.1. The first-order valence-electron chi connectivity index (χ1n) is 45.5. The van der Waals surface area contributed by atoms with Gasteiger partial charge in [0.25, 0.3) is 24.0 Å². The number of pyridine rings is 3. The van der Waals surface area contributed by atoms with Crippen LogP contribution >= 0.6 is 0 Å². The van der Waals surface area contributed by atoms with Gasteiger partial charge < -0.3 is 94.4 Å². The van der Waals surface area contributed by atoms with Crippen LogP contribution in [-0.2, 0) is 46.4 Å². The lowest BCUT2D eigenvalue weighted by Crippen LogP contribution is -2.66. The molecular formula is C99H84F6N12O23. The average Bonchev–Trinajstić information content (AvgIpc) is 1.46. The van der Waals surface area contributed by atoms with Crippen LogP contribution in [0.2, 0.25) is 0 Å². The number of carbonyl (C=O) groups excluding carboxylic acids is 4. The first-order valence-corrected chi connectivity index (χ1v) is 45.5. The first kappa shape index (κ1) is 88.8. The largest absolute Gasteiger partial charge is 0.519 e. The topological polar surface area (TPSA) is 342 Å². The highest BCUT2D eigenvalue weighted by Crippen LogP contribution is 2.54. The predicted octanol–water partition coefficient (Wildman–Crippen LogP) is 9.79. The summed E-state index contributed by atoms with van der Waals surface area (Å²) in [5.41, 5.74) is 5.43. The summed E-state index contributed by atoms with van der Waals surface area (Å²) in [5.74, 6) is -10.1. The minimum Gasteiger partial charge on any atom is -0.479 e. The number of hydrogen-bond acceptors (Lipinski definition) is 29. The van der Waals surface area contributed by atoms with Gasteiger partial charge in [0.1, 0.15) is 49.8 Å². The Hall–Kier alpha value is -15.2. The molecule has 0 N–H and O–H groups in total. The highest BCUT2D eigenvalue weighted by Gasteiger charge is 2.55. The molecule has 12 aromatic rings. The van der Waals surface area contributed by atoms with Crippen molar-refractivity contribution in [1.82, 2.24) is 28.7 Å². The third-order valence-corrected chi connectivity index (χ3v) is 27.9. The molecule has 5 aromatic heterocycles. The minimum absolute atomic E-state index is 0.0685. The van der Waals surface area contributed by atoms with Crippen molar-refractivity contribution >= 4 is 40.8 Å². The highest BCUT2D eigenvalue weighted by molar-refractivity contribution is 5.99. The van der Waals surface area contributed by atoms with Crippen LogP contribution in [-0.4, -0.2) is 189 Å². The highest BCUT2D eigenvalue weighted by atomic mass is 19.2. The zero-order valence-electron chi connectivity index (χ0n) is 74.6. The summed E-state index contributed by atoms with van der Waals surface area (Å²) in [6.45, 7) is 7.07. The van der Waals surface area contributed by atoms with E-state index in [4.69, 9.17) is 65.0 Å². The average molecular weight is 1920 g/mol. The Morgan fingerprint density at radius 1 is 0.336 bits per heavy atom. The van der Waals surface area contributed by atoms with Crippen LogP contribution in [0.25, 0.3) is 0 Å². The Labute approximate surface area is 788 Å². The summed E-state index contributed by atoms with van der Waals surface area (Å²) >= 11 is 0. The second kappa shape index (κ2) is 35.4. The maximum Gasteiger partial charge on any atom is 0.519 e. The van der Waals surface area contributed by atoms with Gasteiger partial charge in [-0.15, -0.1) is 0 Å². The van der Waals surface area contributed by atoms with Crippen LogP contribution in [0.15, 0.2) is 212 Å². The van der Waals surface area contributed by atoms with Crippen LogP contribution in [0, 0.1) is 48.8 Å². The quantitative estimate of drug-likeness (QED) is 0.0858. The fourth-order valence-corrected chi connectivity index (χ4v) is 21.7. The zero-order valence-corrected chi connectivity index (χ0v) is 74.6. The number of carbonyl (C=O) groups is 4. The molecule has 0 saturated carbocycles. The molecule has 3 amide bonds. The summed E-state index contributed by atoms with van der Waals surface area (Å²) in [7, 11) is 0. The summed E-state index contributed by atoms with van der Waals surface area (Å²) in [4.78, 5) is 130. The lowest BCUT2D eigenvalue weighted by molar-refractivity contribution is -0.0417. The van der Waals surface area contributed by atoms with Crippen molar-refractivity contribution in [3.05, 3.63) is 358 Å². The number of nitrogens with zero attached hydrogens (tertiary/aromatic N) is 12. The number of benzene rings is 7. The van der Waals surface area contributed by atoms with Crippen molar-refractivity contribution < 1.29 is 111 Å². The van der Waals surface area contributed by atoms with E-state index < -0.39 is 148 Å². The summed E-state index contributed by atoms with van der Waals surface area (Å²) < 4.78 is 176. The van der Waals surface area contributed by atoms with E-state index in [-0.39, 0.29) is 166 Å². The summed E-state index contributed by atoms with van der Waals surface area (Å²) in [6, 6.07) is 37.2. The van der Waals surface area contributed by atoms with Gasteiger partial charge in [-0.25, -0.2) is 40.7 Å². The van der Waals surface area contributed by atoms with E-state index in [1.165, 1.54) is 50.6 Å². The number of morpholine rings is 6. The summed E-state index contributed by atoms with van der Waals surface area (Å²) in [6.07, 6.45) is 1.08. The number of hydrogen-bond donors (Lipinski definition) is 0. The SMILES string of the molecule is Cc1oc(=O)oc1COc1c2n(ccc1=O)N(C1c3ccccc3N3CCOCC3c3c1ccc(F)c3F)C1COCCN1C2=O.Cc1oc(=O)oc1COc1c2n(ccc1=O)N([C@@H]1c3ccccc3N3CCOCC3c3c1ccc(F)c3F)[C@@H]1COCCN1C2=O.O=C1OC(Oc2c3n(ccc2=O)N([C@@H]2c4ccccc4N4CCOCC4c4c2ccc(F)c4F)[C@@H]2COCCN2C3=O)c2ccccc21. The van der Waals surface area contributed by atoms with Crippen LogP contribution in [0.5, 0.6) is 17.2 Å². The molecule has 35 nitrogen and oxygen atoms in total. The Morgan fingerprint density at radius 2 is 0.650 bits per heavy atom. The standard InChI is InChI=1S/C35H28F2N4O7.2C32H28F2N4O8/c36-23-10-9-22-28(29(23)37)25-17-45-15-13-38(25)24-8-4-3-7-21(24)30(22)41-27-18-46-16-14-39(27)33(43)31-32(26(42)11-12-40(31)41)47-35-20-6-2-1-5-19(20)34(44)48-35;2*1-17-24(46-32(41)45-17)15-44-30-23(39)8-9-37-29(30)31(40)36-11-13-43-16-25(36)38(37)28-18-4-2-3-5-21(18)35-10-12-42-14-22(35)26-19(28)6-7-20(33)27(26)34/h1-12,25,27,30,35H,13-18H2;2*2-9,22,25,28H,10-16H2,1H3/t25?,27-,30-,35?;22?,25-,28-;/m11./s1. The molecule has 140 heavy (non-hydrogen) atoms. The Kier molecular flexibility index (Phi) is 22.4. The molecule has 6 saturated heterocycles. The number of rotatable bonds is 11. The molecule has 41 heteroatoms. The molecule has 13 aliphatic rings. The molecule has 10 atom stereocenters. The van der Waals surface area contributed by atoms with E-state index >= 15 is 17.6 Å². The predicted molar refractivity (Wildman–Crippen MR) is 478 cm³/mol. The maximum absolute atomic E-state index is 16.1. The second-order valence-electron chi connectivity index (χ2n) is 35.1. The third kappa shape index (κ3) is 14.5. The molecule has 13 aliphatic heterocycles. The Morgan fingerprint density at radius 3 is 1.00 bits per heavy atom. The van der Waals surface area contributed by atoms with Gasteiger partial charge in [0.15, 0.2) is 86.5 Å². The van der Waals surface area contributed by atoms with Gasteiger partial charge in [-0.1, -0.05) is 91.0 Å².